The predicted molar refractivity (Wildman–Crippen MR) is 78.3 cm³/mol. The molecule has 0 aliphatic heterocycles. The van der Waals surface area contributed by atoms with E-state index in [1.54, 1.807) is 6.07 Å². The minimum Gasteiger partial charge on any atom is -0.363 e. The van der Waals surface area contributed by atoms with Crippen LogP contribution in [-0.4, -0.2) is 29.0 Å². The van der Waals surface area contributed by atoms with Gasteiger partial charge in [-0.25, -0.2) is 14.4 Å². The second-order valence-electron chi connectivity index (χ2n) is 4.98. The SMILES string of the molecule is Cc1ccc(F)cc1-c1nc2nc(N(C)C)ccc2[nH]1. The topological polar surface area (TPSA) is 44.8 Å². The van der Waals surface area contributed by atoms with Crippen LogP contribution in [0.1, 0.15) is 5.56 Å². The maximum atomic E-state index is 13.4. The van der Waals surface area contributed by atoms with E-state index in [9.17, 15) is 4.39 Å². The van der Waals surface area contributed by atoms with Gasteiger partial charge in [-0.2, -0.15) is 0 Å². The van der Waals surface area contributed by atoms with Crippen LogP contribution in [0, 0.1) is 12.7 Å². The van der Waals surface area contributed by atoms with Crippen molar-refractivity contribution in [2.45, 2.75) is 6.92 Å². The van der Waals surface area contributed by atoms with E-state index in [0.717, 1.165) is 22.5 Å². The molecule has 5 heteroatoms. The fraction of sp³-hybridized carbons (Fsp3) is 0.200. The van der Waals surface area contributed by atoms with Crippen LogP contribution in [-0.2, 0) is 0 Å². The molecule has 1 aromatic carbocycles. The number of hydrogen-bond donors (Lipinski definition) is 1. The Bertz CT molecular complexity index is 777. The van der Waals surface area contributed by atoms with Gasteiger partial charge in [0.2, 0.25) is 0 Å². The van der Waals surface area contributed by atoms with Crippen LogP contribution in [0.2, 0.25) is 0 Å². The Morgan fingerprint density at radius 1 is 1.10 bits per heavy atom. The van der Waals surface area contributed by atoms with E-state index in [2.05, 4.69) is 15.0 Å². The molecular weight excluding hydrogens is 255 g/mol. The summed E-state index contributed by atoms with van der Waals surface area (Å²) in [5, 5.41) is 0. The number of benzene rings is 1. The molecule has 0 unspecified atom stereocenters. The first-order valence-corrected chi connectivity index (χ1v) is 6.35. The molecule has 3 rings (SSSR count). The number of rotatable bonds is 2. The molecule has 2 heterocycles. The molecule has 0 saturated heterocycles. The molecule has 0 fully saturated rings. The lowest BCUT2D eigenvalue weighted by molar-refractivity contribution is 0.628. The lowest BCUT2D eigenvalue weighted by Gasteiger charge is -2.09. The Labute approximate surface area is 116 Å². The van der Waals surface area contributed by atoms with Crippen LogP contribution in [0.15, 0.2) is 30.3 Å². The first kappa shape index (κ1) is 12.6. The lowest BCUT2D eigenvalue weighted by Crippen LogP contribution is -2.10. The summed E-state index contributed by atoms with van der Waals surface area (Å²) in [7, 11) is 3.86. The van der Waals surface area contributed by atoms with Crippen molar-refractivity contribution < 1.29 is 4.39 Å². The molecule has 0 radical (unpaired) electrons. The van der Waals surface area contributed by atoms with E-state index in [-0.39, 0.29) is 5.82 Å². The summed E-state index contributed by atoms with van der Waals surface area (Å²) in [5.74, 6) is 1.21. The number of nitrogens with one attached hydrogen (secondary N) is 1. The van der Waals surface area contributed by atoms with E-state index in [1.807, 2.05) is 38.1 Å². The van der Waals surface area contributed by atoms with Crippen molar-refractivity contribution in [3.05, 3.63) is 41.7 Å². The van der Waals surface area contributed by atoms with Crippen molar-refractivity contribution in [1.29, 1.82) is 0 Å². The monoisotopic (exact) mass is 270 g/mol. The average Bonchev–Trinajstić information content (AvgIpc) is 2.83. The van der Waals surface area contributed by atoms with E-state index in [1.165, 1.54) is 12.1 Å². The normalized spacial score (nSPS) is 11.0. The van der Waals surface area contributed by atoms with Gasteiger partial charge >= 0.3 is 0 Å². The van der Waals surface area contributed by atoms with Gasteiger partial charge in [-0.15, -0.1) is 0 Å². The van der Waals surface area contributed by atoms with Crippen LogP contribution in [0.4, 0.5) is 10.2 Å². The quantitative estimate of drug-likeness (QED) is 0.778. The number of pyridine rings is 1. The Kier molecular flexibility index (Phi) is 2.89. The molecule has 0 aliphatic rings. The van der Waals surface area contributed by atoms with E-state index >= 15 is 0 Å². The highest BCUT2D eigenvalue weighted by Crippen LogP contribution is 2.24. The van der Waals surface area contributed by atoms with Gasteiger partial charge in [-0.1, -0.05) is 6.07 Å². The molecule has 3 aromatic rings. The predicted octanol–water partition coefficient (Wildman–Crippen LogP) is 3.14. The standard InChI is InChI=1S/C15H15FN4/c1-9-4-5-10(16)8-11(9)14-17-12-6-7-13(20(2)3)18-15(12)19-14/h4-8H,1-3H3,(H,17,18,19). The third-order valence-electron chi connectivity index (χ3n) is 3.24. The summed E-state index contributed by atoms with van der Waals surface area (Å²) in [5.41, 5.74) is 3.21. The van der Waals surface area contributed by atoms with E-state index < -0.39 is 0 Å². The van der Waals surface area contributed by atoms with E-state index in [4.69, 9.17) is 0 Å². The van der Waals surface area contributed by atoms with E-state index in [0.29, 0.717) is 11.5 Å². The Morgan fingerprint density at radius 3 is 2.65 bits per heavy atom. The van der Waals surface area contributed by atoms with Crippen molar-refractivity contribution in [2.75, 3.05) is 19.0 Å². The van der Waals surface area contributed by atoms with Gasteiger partial charge in [0.15, 0.2) is 5.65 Å². The first-order chi connectivity index (χ1) is 9.54. The van der Waals surface area contributed by atoms with Gasteiger partial charge in [-0.05, 0) is 36.8 Å². The third kappa shape index (κ3) is 2.11. The highest BCUT2D eigenvalue weighted by molar-refractivity contribution is 5.78. The van der Waals surface area contributed by atoms with Crippen LogP contribution >= 0.6 is 0 Å². The number of aromatic nitrogens is 3. The molecule has 4 nitrogen and oxygen atoms in total. The van der Waals surface area contributed by atoms with Crippen LogP contribution in [0.5, 0.6) is 0 Å². The molecule has 1 N–H and O–H groups in total. The summed E-state index contributed by atoms with van der Waals surface area (Å²) < 4.78 is 13.4. The molecule has 102 valence electrons. The molecule has 20 heavy (non-hydrogen) atoms. The zero-order valence-corrected chi connectivity index (χ0v) is 11.6. The number of halogens is 1. The molecule has 0 bridgehead atoms. The van der Waals surface area contributed by atoms with Gasteiger partial charge in [0.1, 0.15) is 17.5 Å². The maximum Gasteiger partial charge on any atom is 0.180 e. The number of H-pyrrole nitrogens is 1. The van der Waals surface area contributed by atoms with Crippen molar-refractivity contribution in [2.24, 2.45) is 0 Å². The number of imidazole rings is 1. The fourth-order valence-corrected chi connectivity index (χ4v) is 2.11. The number of aryl methyl sites for hydroxylation is 1. The molecule has 0 atom stereocenters. The van der Waals surface area contributed by atoms with Gasteiger partial charge in [-0.3, -0.25) is 0 Å². The lowest BCUT2D eigenvalue weighted by atomic mass is 10.1. The number of hydrogen-bond acceptors (Lipinski definition) is 3. The van der Waals surface area contributed by atoms with Gasteiger partial charge in [0, 0.05) is 19.7 Å². The first-order valence-electron chi connectivity index (χ1n) is 6.35. The van der Waals surface area contributed by atoms with Crippen molar-refractivity contribution in [3.8, 4) is 11.4 Å². The molecule has 0 saturated carbocycles. The number of fused-ring (bicyclic) bond motifs is 1. The molecule has 2 aromatic heterocycles. The third-order valence-corrected chi connectivity index (χ3v) is 3.24. The summed E-state index contributed by atoms with van der Waals surface area (Å²) >= 11 is 0. The van der Waals surface area contributed by atoms with Crippen LogP contribution < -0.4 is 4.90 Å². The number of nitrogens with zero attached hydrogens (tertiary/aromatic N) is 3. The highest BCUT2D eigenvalue weighted by atomic mass is 19.1. The number of anilines is 1. The Morgan fingerprint density at radius 2 is 1.90 bits per heavy atom. The van der Waals surface area contributed by atoms with Crippen LogP contribution in [0.3, 0.4) is 0 Å². The van der Waals surface area contributed by atoms with Gasteiger partial charge in [0.25, 0.3) is 0 Å². The Hall–Kier alpha value is -2.43. The zero-order chi connectivity index (χ0) is 14.3. The van der Waals surface area contributed by atoms with Crippen molar-refractivity contribution in [1.82, 2.24) is 15.0 Å². The molecule has 0 spiro atoms. The second kappa shape index (κ2) is 4.59. The minimum atomic E-state index is -0.270. The largest absolute Gasteiger partial charge is 0.363 e. The summed E-state index contributed by atoms with van der Waals surface area (Å²) in [6, 6.07) is 8.53. The molecule has 0 amide bonds. The fourth-order valence-electron chi connectivity index (χ4n) is 2.11. The van der Waals surface area contributed by atoms with Crippen LogP contribution in [0.25, 0.3) is 22.6 Å². The molecule has 0 aliphatic carbocycles. The zero-order valence-electron chi connectivity index (χ0n) is 11.6. The summed E-state index contributed by atoms with van der Waals surface area (Å²) in [4.78, 5) is 14.0. The summed E-state index contributed by atoms with van der Waals surface area (Å²) in [6.07, 6.45) is 0. The van der Waals surface area contributed by atoms with Gasteiger partial charge < -0.3 is 9.88 Å². The van der Waals surface area contributed by atoms with Gasteiger partial charge in [0.05, 0.1) is 5.52 Å². The molecular formula is C15H15FN4. The smallest absolute Gasteiger partial charge is 0.180 e. The average molecular weight is 270 g/mol. The second-order valence-corrected chi connectivity index (χ2v) is 4.98. The minimum absolute atomic E-state index is 0.270. The van der Waals surface area contributed by atoms with Crippen molar-refractivity contribution in [3.63, 3.8) is 0 Å². The Balaban J connectivity index is 2.15. The highest BCUT2D eigenvalue weighted by Gasteiger charge is 2.10. The van der Waals surface area contributed by atoms with Crippen molar-refractivity contribution >= 4 is 17.0 Å². The number of aromatic amines is 1. The summed E-state index contributed by atoms with van der Waals surface area (Å²) in [6.45, 7) is 1.93. The maximum absolute atomic E-state index is 13.4.